The summed E-state index contributed by atoms with van der Waals surface area (Å²) in [7, 11) is 0. The third-order valence-electron chi connectivity index (χ3n) is 2.07. The predicted molar refractivity (Wildman–Crippen MR) is 63.5 cm³/mol. The van der Waals surface area contributed by atoms with Gasteiger partial charge in [-0.2, -0.15) is 13.2 Å². The number of nitrogens with zero attached hydrogens (tertiary/aromatic N) is 1. The molecule has 0 saturated heterocycles. The minimum atomic E-state index is -4.38. The van der Waals surface area contributed by atoms with Gasteiger partial charge >= 0.3 is 6.18 Å². The first-order valence-corrected chi connectivity index (χ1v) is 5.72. The molecule has 1 aromatic carbocycles. The van der Waals surface area contributed by atoms with E-state index in [1.165, 1.54) is 12.1 Å². The molecule has 0 spiro atoms. The Morgan fingerprint density at radius 3 is 2.44 bits per heavy atom. The molecule has 0 aliphatic rings. The zero-order chi connectivity index (χ0) is 13.2. The summed E-state index contributed by atoms with van der Waals surface area (Å²) in [5.41, 5.74) is -0.755. The van der Waals surface area contributed by atoms with Crippen molar-refractivity contribution < 1.29 is 17.9 Å². The highest BCUT2D eigenvalue weighted by Crippen LogP contribution is 2.32. The standard InChI is InChI=1S/C12H7BrF3NO/c13-10-5-2-6-11(17-10)18-9-4-1-3-8(7-9)12(14,15)16/h1-7H. The molecule has 1 aromatic heterocycles. The van der Waals surface area contributed by atoms with Crippen molar-refractivity contribution in [2.45, 2.75) is 6.18 Å². The summed E-state index contributed by atoms with van der Waals surface area (Å²) in [6.45, 7) is 0. The molecule has 0 radical (unpaired) electrons. The number of benzene rings is 1. The summed E-state index contributed by atoms with van der Waals surface area (Å²) in [5, 5.41) is 0. The molecular formula is C12H7BrF3NO. The number of ether oxygens (including phenoxy) is 1. The normalized spacial score (nSPS) is 11.3. The number of halogens is 4. The second-order valence-electron chi connectivity index (χ2n) is 3.43. The molecule has 2 nitrogen and oxygen atoms in total. The van der Waals surface area contributed by atoms with Crippen molar-refractivity contribution in [3.63, 3.8) is 0 Å². The van der Waals surface area contributed by atoms with Crippen LogP contribution < -0.4 is 4.74 Å². The van der Waals surface area contributed by atoms with Crippen LogP contribution in [0.3, 0.4) is 0 Å². The molecule has 0 amide bonds. The molecule has 0 aliphatic carbocycles. The Balaban J connectivity index is 2.25. The van der Waals surface area contributed by atoms with Gasteiger partial charge in [0.1, 0.15) is 10.4 Å². The van der Waals surface area contributed by atoms with E-state index in [0.717, 1.165) is 12.1 Å². The molecule has 0 N–H and O–H groups in total. The van der Waals surface area contributed by atoms with Gasteiger partial charge in [-0.05, 0) is 40.2 Å². The zero-order valence-corrected chi connectivity index (χ0v) is 10.5. The summed E-state index contributed by atoms with van der Waals surface area (Å²) in [4.78, 5) is 3.97. The van der Waals surface area contributed by atoms with Crippen molar-refractivity contribution >= 4 is 15.9 Å². The van der Waals surface area contributed by atoms with Crippen LogP contribution in [0.2, 0.25) is 0 Å². The van der Waals surface area contributed by atoms with Crippen LogP contribution >= 0.6 is 15.9 Å². The summed E-state index contributed by atoms with van der Waals surface area (Å²) in [6.07, 6.45) is -4.38. The summed E-state index contributed by atoms with van der Waals surface area (Å²) >= 11 is 3.15. The van der Waals surface area contributed by atoms with Crippen LogP contribution in [0.4, 0.5) is 13.2 Å². The van der Waals surface area contributed by atoms with Crippen LogP contribution in [0, 0.1) is 0 Å². The van der Waals surface area contributed by atoms with Crippen molar-refractivity contribution in [1.82, 2.24) is 4.98 Å². The molecule has 18 heavy (non-hydrogen) atoms. The van der Waals surface area contributed by atoms with E-state index < -0.39 is 11.7 Å². The summed E-state index contributed by atoms with van der Waals surface area (Å²) in [6, 6.07) is 9.59. The number of alkyl halides is 3. The van der Waals surface area contributed by atoms with Gasteiger partial charge in [-0.3, -0.25) is 0 Å². The van der Waals surface area contributed by atoms with Crippen molar-refractivity contribution in [1.29, 1.82) is 0 Å². The van der Waals surface area contributed by atoms with E-state index in [9.17, 15) is 13.2 Å². The molecule has 94 valence electrons. The Morgan fingerprint density at radius 2 is 1.78 bits per heavy atom. The molecule has 0 fully saturated rings. The van der Waals surface area contributed by atoms with Gasteiger partial charge in [0, 0.05) is 6.07 Å². The fraction of sp³-hybridized carbons (Fsp3) is 0.0833. The molecule has 6 heteroatoms. The minimum absolute atomic E-state index is 0.0930. The first-order valence-electron chi connectivity index (χ1n) is 4.93. The van der Waals surface area contributed by atoms with Crippen molar-refractivity contribution in [2.75, 3.05) is 0 Å². The number of aromatic nitrogens is 1. The van der Waals surface area contributed by atoms with Gasteiger partial charge in [-0.1, -0.05) is 12.1 Å². The van der Waals surface area contributed by atoms with Gasteiger partial charge < -0.3 is 4.74 Å². The highest BCUT2D eigenvalue weighted by Gasteiger charge is 2.30. The van der Waals surface area contributed by atoms with Crippen LogP contribution in [-0.4, -0.2) is 4.98 Å². The van der Waals surface area contributed by atoms with Crippen molar-refractivity contribution in [3.05, 3.63) is 52.6 Å². The largest absolute Gasteiger partial charge is 0.439 e. The lowest BCUT2D eigenvalue weighted by molar-refractivity contribution is -0.137. The number of rotatable bonds is 2. The predicted octanol–water partition coefficient (Wildman–Crippen LogP) is 4.66. The van der Waals surface area contributed by atoms with Gasteiger partial charge in [0.05, 0.1) is 5.56 Å². The van der Waals surface area contributed by atoms with Crippen LogP contribution in [0.1, 0.15) is 5.56 Å². The Hall–Kier alpha value is -1.56. The average molecular weight is 318 g/mol. The van der Waals surface area contributed by atoms with Crippen LogP contribution in [0.25, 0.3) is 0 Å². The molecule has 0 atom stereocenters. The van der Waals surface area contributed by atoms with Gasteiger partial charge in [0.25, 0.3) is 0 Å². The van der Waals surface area contributed by atoms with Gasteiger partial charge in [0.2, 0.25) is 5.88 Å². The third-order valence-corrected chi connectivity index (χ3v) is 2.51. The molecule has 0 saturated carbocycles. The van der Waals surface area contributed by atoms with Gasteiger partial charge in [-0.15, -0.1) is 0 Å². The molecule has 1 heterocycles. The number of hydrogen-bond acceptors (Lipinski definition) is 2. The first-order chi connectivity index (χ1) is 8.45. The first kappa shape index (κ1) is 12.9. The monoisotopic (exact) mass is 317 g/mol. The van der Waals surface area contributed by atoms with E-state index in [1.54, 1.807) is 18.2 Å². The number of pyridine rings is 1. The smallest absolute Gasteiger partial charge is 0.416 e. The Kier molecular flexibility index (Phi) is 3.56. The quantitative estimate of drug-likeness (QED) is 0.752. The van der Waals surface area contributed by atoms with E-state index in [4.69, 9.17) is 4.74 Å². The molecule has 0 aliphatic heterocycles. The Morgan fingerprint density at radius 1 is 1.06 bits per heavy atom. The Labute approximate surface area is 110 Å². The lowest BCUT2D eigenvalue weighted by Gasteiger charge is -2.09. The van der Waals surface area contributed by atoms with Crippen LogP contribution in [0.15, 0.2) is 47.1 Å². The maximum absolute atomic E-state index is 12.5. The van der Waals surface area contributed by atoms with E-state index in [0.29, 0.717) is 4.60 Å². The third kappa shape index (κ3) is 3.22. The summed E-state index contributed by atoms with van der Waals surface area (Å²) in [5.74, 6) is 0.319. The topological polar surface area (TPSA) is 22.1 Å². The van der Waals surface area contributed by atoms with E-state index in [1.807, 2.05) is 0 Å². The van der Waals surface area contributed by atoms with E-state index in [-0.39, 0.29) is 11.6 Å². The fourth-order valence-corrected chi connectivity index (χ4v) is 1.63. The van der Waals surface area contributed by atoms with Crippen molar-refractivity contribution in [2.24, 2.45) is 0 Å². The zero-order valence-electron chi connectivity index (χ0n) is 8.91. The van der Waals surface area contributed by atoms with Gasteiger partial charge in [0.15, 0.2) is 0 Å². The number of hydrogen-bond donors (Lipinski definition) is 0. The van der Waals surface area contributed by atoms with Crippen molar-refractivity contribution in [3.8, 4) is 11.6 Å². The second kappa shape index (κ2) is 4.97. The minimum Gasteiger partial charge on any atom is -0.439 e. The molecule has 0 bridgehead atoms. The molecular weight excluding hydrogens is 311 g/mol. The SMILES string of the molecule is FC(F)(F)c1cccc(Oc2cccc(Br)n2)c1. The highest BCUT2D eigenvalue weighted by atomic mass is 79.9. The van der Waals surface area contributed by atoms with Crippen LogP contribution in [-0.2, 0) is 6.18 Å². The molecule has 2 rings (SSSR count). The van der Waals surface area contributed by atoms with Crippen LogP contribution in [0.5, 0.6) is 11.6 Å². The Bertz CT molecular complexity index is 557. The van der Waals surface area contributed by atoms with E-state index in [2.05, 4.69) is 20.9 Å². The van der Waals surface area contributed by atoms with Gasteiger partial charge in [-0.25, -0.2) is 4.98 Å². The maximum Gasteiger partial charge on any atom is 0.416 e. The molecule has 2 aromatic rings. The molecule has 0 unspecified atom stereocenters. The average Bonchev–Trinajstić information content (AvgIpc) is 2.28. The van der Waals surface area contributed by atoms with E-state index >= 15 is 0 Å². The lowest BCUT2D eigenvalue weighted by atomic mass is 10.2. The lowest BCUT2D eigenvalue weighted by Crippen LogP contribution is -2.04. The maximum atomic E-state index is 12.5. The summed E-state index contributed by atoms with van der Waals surface area (Å²) < 4.78 is 43.3. The second-order valence-corrected chi connectivity index (χ2v) is 4.24. The fourth-order valence-electron chi connectivity index (χ4n) is 1.30. The highest BCUT2D eigenvalue weighted by molar-refractivity contribution is 9.10.